The summed E-state index contributed by atoms with van der Waals surface area (Å²) in [5.74, 6) is -0.0184. The number of para-hydroxylation sites is 1. The number of thiazole rings is 1. The van der Waals surface area contributed by atoms with Gasteiger partial charge < -0.3 is 0 Å². The number of hydrogen-bond acceptors (Lipinski definition) is 5. The highest BCUT2D eigenvalue weighted by Crippen LogP contribution is 2.34. The Kier molecular flexibility index (Phi) is 4.26. The average molecular weight is 362 g/mol. The second kappa shape index (κ2) is 6.72. The van der Waals surface area contributed by atoms with Crippen molar-refractivity contribution < 1.29 is 4.79 Å². The van der Waals surface area contributed by atoms with Gasteiger partial charge in [0.15, 0.2) is 0 Å². The molecule has 0 aliphatic heterocycles. The monoisotopic (exact) mass is 362 g/mol. The van der Waals surface area contributed by atoms with Gasteiger partial charge >= 0.3 is 0 Å². The second-order valence-electron chi connectivity index (χ2n) is 6.17. The highest BCUT2D eigenvalue weighted by Gasteiger charge is 2.17. The Morgan fingerprint density at radius 3 is 2.62 bits per heavy atom. The fourth-order valence-corrected chi connectivity index (χ4v) is 4.03. The maximum absolute atomic E-state index is 12.1. The molecule has 5 nitrogen and oxygen atoms in total. The van der Waals surface area contributed by atoms with Crippen molar-refractivity contribution in [3.8, 4) is 0 Å². The third-order valence-corrected chi connectivity index (χ3v) is 5.12. The van der Waals surface area contributed by atoms with Crippen LogP contribution in [0.2, 0.25) is 0 Å². The number of carbonyl (C=O) groups is 1. The molecule has 4 rings (SSSR count). The van der Waals surface area contributed by atoms with Gasteiger partial charge in [-0.05, 0) is 18.6 Å². The summed E-state index contributed by atoms with van der Waals surface area (Å²) in [5, 5.41) is 6.10. The number of hydrazone groups is 1. The van der Waals surface area contributed by atoms with E-state index in [0.29, 0.717) is 5.13 Å². The maximum atomic E-state index is 12.1. The molecule has 0 fully saturated rings. The van der Waals surface area contributed by atoms with E-state index in [1.165, 1.54) is 16.9 Å². The molecule has 0 unspecified atom stereocenters. The van der Waals surface area contributed by atoms with Crippen LogP contribution in [-0.4, -0.2) is 21.2 Å². The Hall–Kier alpha value is -2.99. The number of rotatable bonds is 4. The van der Waals surface area contributed by atoms with E-state index in [4.69, 9.17) is 0 Å². The van der Waals surface area contributed by atoms with E-state index in [1.54, 1.807) is 11.5 Å². The zero-order valence-corrected chi connectivity index (χ0v) is 15.4. The van der Waals surface area contributed by atoms with Crippen molar-refractivity contribution >= 4 is 49.3 Å². The predicted octanol–water partition coefficient (Wildman–Crippen LogP) is 4.94. The zero-order chi connectivity index (χ0) is 18.1. The van der Waals surface area contributed by atoms with Gasteiger partial charge in [0.05, 0.1) is 5.52 Å². The van der Waals surface area contributed by atoms with E-state index in [2.05, 4.69) is 27.6 Å². The molecule has 0 atom stereocenters. The molecule has 0 aliphatic carbocycles. The van der Waals surface area contributed by atoms with Crippen LogP contribution in [0.5, 0.6) is 0 Å². The van der Waals surface area contributed by atoms with Crippen molar-refractivity contribution in [2.75, 3.05) is 5.43 Å². The van der Waals surface area contributed by atoms with Crippen LogP contribution in [0.25, 0.3) is 21.3 Å². The molecule has 0 bridgehead atoms. The molecule has 0 radical (unpaired) electrons. The number of hydrogen-bond donors (Lipinski definition) is 1. The first-order chi connectivity index (χ1) is 12.6. The molecule has 0 saturated heterocycles. The van der Waals surface area contributed by atoms with Gasteiger partial charge in [-0.1, -0.05) is 59.9 Å². The van der Waals surface area contributed by atoms with Crippen LogP contribution in [0.3, 0.4) is 0 Å². The number of nitrogens with one attached hydrogen (secondary N) is 1. The molecule has 0 spiro atoms. The molecule has 2 heterocycles. The van der Waals surface area contributed by atoms with Crippen molar-refractivity contribution in [2.24, 2.45) is 5.10 Å². The zero-order valence-electron chi connectivity index (χ0n) is 14.6. The molecule has 130 valence electrons. The molecule has 26 heavy (non-hydrogen) atoms. The van der Waals surface area contributed by atoms with E-state index in [-0.39, 0.29) is 5.91 Å². The standard InChI is InChI=1S/C20H18N4OS/c1-13(12-15-8-4-3-5-9-15)22-23-20-21-18-16-10-6-7-11-17(16)24(14(2)25)19(18)26-20/h3-11H,12H2,1-2H3,(H,21,23). The van der Waals surface area contributed by atoms with Gasteiger partial charge in [-0.2, -0.15) is 5.10 Å². The van der Waals surface area contributed by atoms with Crippen LogP contribution in [0, 0.1) is 0 Å². The largest absolute Gasteiger partial charge is 0.274 e. The van der Waals surface area contributed by atoms with E-state index < -0.39 is 0 Å². The van der Waals surface area contributed by atoms with Gasteiger partial charge in [0.1, 0.15) is 10.3 Å². The van der Waals surface area contributed by atoms with Crippen LogP contribution in [0.4, 0.5) is 5.13 Å². The van der Waals surface area contributed by atoms with Crippen molar-refractivity contribution in [1.82, 2.24) is 9.55 Å². The fourth-order valence-electron chi connectivity index (χ4n) is 3.05. The summed E-state index contributed by atoms with van der Waals surface area (Å²) in [6.45, 7) is 3.55. The van der Waals surface area contributed by atoms with Crippen LogP contribution in [0.1, 0.15) is 24.2 Å². The number of carbonyl (C=O) groups excluding carboxylic acids is 1. The van der Waals surface area contributed by atoms with Gasteiger partial charge in [0.2, 0.25) is 11.0 Å². The summed E-state index contributed by atoms with van der Waals surface area (Å²) < 4.78 is 1.72. The fraction of sp³-hybridized carbons (Fsp3) is 0.150. The maximum Gasteiger partial charge on any atom is 0.229 e. The van der Waals surface area contributed by atoms with Crippen LogP contribution in [-0.2, 0) is 6.42 Å². The van der Waals surface area contributed by atoms with E-state index in [9.17, 15) is 4.79 Å². The minimum atomic E-state index is -0.0184. The Labute approximate surface area is 155 Å². The minimum absolute atomic E-state index is 0.0184. The molecule has 1 N–H and O–H groups in total. The molecule has 6 heteroatoms. The summed E-state index contributed by atoms with van der Waals surface area (Å²) in [4.78, 5) is 17.6. The lowest BCUT2D eigenvalue weighted by molar-refractivity contribution is 0.0947. The number of nitrogens with zero attached hydrogens (tertiary/aromatic N) is 3. The first-order valence-corrected chi connectivity index (χ1v) is 9.19. The topological polar surface area (TPSA) is 59.3 Å². The third-order valence-electron chi connectivity index (χ3n) is 4.17. The normalized spacial score (nSPS) is 12.0. The SMILES string of the molecule is CC(=O)n1c2ccccc2c2nc(NN=C(C)Cc3ccccc3)sc21. The molecule has 0 saturated carbocycles. The Balaban J connectivity index is 1.65. The van der Waals surface area contributed by atoms with Gasteiger partial charge in [-0.25, -0.2) is 4.98 Å². The molecule has 0 amide bonds. The van der Waals surface area contributed by atoms with Gasteiger partial charge in [-0.15, -0.1) is 0 Å². The molecular formula is C20H18N4OS. The number of fused-ring (bicyclic) bond motifs is 3. The molecule has 2 aromatic carbocycles. The van der Waals surface area contributed by atoms with Crippen LogP contribution in [0.15, 0.2) is 59.7 Å². The number of aromatic nitrogens is 2. The summed E-state index contributed by atoms with van der Waals surface area (Å²) in [5.41, 5.74) is 6.95. The molecular weight excluding hydrogens is 344 g/mol. The second-order valence-corrected chi connectivity index (χ2v) is 7.14. The minimum Gasteiger partial charge on any atom is -0.274 e. The molecule has 4 aromatic rings. The van der Waals surface area contributed by atoms with Crippen molar-refractivity contribution in [3.63, 3.8) is 0 Å². The molecule has 0 aliphatic rings. The predicted molar refractivity (Wildman–Crippen MR) is 108 cm³/mol. The van der Waals surface area contributed by atoms with Crippen molar-refractivity contribution in [1.29, 1.82) is 0 Å². The Morgan fingerprint density at radius 1 is 1.12 bits per heavy atom. The lowest BCUT2D eigenvalue weighted by Crippen LogP contribution is -2.03. The summed E-state index contributed by atoms with van der Waals surface area (Å²) >= 11 is 1.44. The summed E-state index contributed by atoms with van der Waals surface area (Å²) in [6.07, 6.45) is 0.779. The first-order valence-electron chi connectivity index (χ1n) is 8.37. The molecule has 2 aromatic heterocycles. The average Bonchev–Trinajstić information content (AvgIpc) is 3.17. The van der Waals surface area contributed by atoms with Gasteiger partial charge in [0.25, 0.3) is 0 Å². The third kappa shape index (κ3) is 2.99. The van der Waals surface area contributed by atoms with Crippen molar-refractivity contribution in [3.05, 3.63) is 60.2 Å². The highest BCUT2D eigenvalue weighted by atomic mass is 32.1. The van der Waals surface area contributed by atoms with Crippen molar-refractivity contribution in [2.45, 2.75) is 20.3 Å². The lowest BCUT2D eigenvalue weighted by Gasteiger charge is -2.02. The smallest absolute Gasteiger partial charge is 0.229 e. The lowest BCUT2D eigenvalue weighted by atomic mass is 10.1. The number of anilines is 1. The summed E-state index contributed by atoms with van der Waals surface area (Å²) in [6, 6.07) is 18.0. The quantitative estimate of drug-likeness (QED) is 0.413. The van der Waals surface area contributed by atoms with Gasteiger partial charge in [0, 0.05) is 24.4 Å². The van der Waals surface area contributed by atoms with E-state index in [0.717, 1.165) is 33.4 Å². The van der Waals surface area contributed by atoms with E-state index >= 15 is 0 Å². The Morgan fingerprint density at radius 2 is 1.85 bits per heavy atom. The number of benzene rings is 2. The van der Waals surface area contributed by atoms with Crippen LogP contribution >= 0.6 is 11.3 Å². The van der Waals surface area contributed by atoms with Crippen LogP contribution < -0.4 is 5.43 Å². The van der Waals surface area contributed by atoms with Gasteiger partial charge in [-0.3, -0.25) is 14.8 Å². The summed E-state index contributed by atoms with van der Waals surface area (Å²) in [7, 11) is 0. The highest BCUT2D eigenvalue weighted by molar-refractivity contribution is 7.22. The Bertz CT molecular complexity index is 1120. The first kappa shape index (κ1) is 16.5. The van der Waals surface area contributed by atoms with E-state index in [1.807, 2.05) is 49.4 Å².